The van der Waals surface area contributed by atoms with E-state index in [1.165, 1.54) is 69.3 Å². The van der Waals surface area contributed by atoms with E-state index in [9.17, 15) is 4.79 Å². The molecular weight excluding hydrogens is 531 g/mol. The van der Waals surface area contributed by atoms with E-state index in [2.05, 4.69) is 56.8 Å². The molecule has 1 saturated heterocycles. The van der Waals surface area contributed by atoms with Crippen molar-refractivity contribution >= 4 is 35.1 Å². The fourth-order valence-corrected chi connectivity index (χ4v) is 7.06. The van der Waals surface area contributed by atoms with Gasteiger partial charge in [0.25, 0.3) is 11.1 Å². The molecule has 1 atom stereocenters. The molecule has 0 unspecified atom stereocenters. The van der Waals surface area contributed by atoms with Crippen molar-refractivity contribution in [1.82, 2.24) is 4.90 Å². The Hall–Kier alpha value is -2.11. The van der Waals surface area contributed by atoms with E-state index in [1.807, 2.05) is 42.5 Å². The maximum absolute atomic E-state index is 13.5. The van der Waals surface area contributed by atoms with Gasteiger partial charge in [-0.1, -0.05) is 132 Å². The van der Waals surface area contributed by atoms with E-state index in [0.717, 1.165) is 24.0 Å². The van der Waals surface area contributed by atoms with E-state index in [0.29, 0.717) is 0 Å². The summed E-state index contributed by atoms with van der Waals surface area (Å²) in [4.78, 5) is 15.2. The van der Waals surface area contributed by atoms with Crippen LogP contribution in [0.2, 0.25) is 0 Å². The van der Waals surface area contributed by atoms with Crippen LogP contribution in [0.3, 0.4) is 0 Å². The molecule has 2 aromatic carbocycles. The maximum atomic E-state index is 13.5. The number of rotatable bonds is 18. The second kappa shape index (κ2) is 17.6. The minimum absolute atomic E-state index is 0.0934. The summed E-state index contributed by atoms with van der Waals surface area (Å²) in [5.41, 5.74) is 1.17. The Balaban J connectivity index is 1.49. The van der Waals surface area contributed by atoms with Crippen molar-refractivity contribution in [1.29, 1.82) is 0 Å². The fraction of sp³-hybridized carbons (Fsp3) is 0.543. The quantitative estimate of drug-likeness (QED) is 0.0999. The molecule has 1 aliphatic rings. The highest BCUT2D eigenvalue weighted by Crippen LogP contribution is 2.47. The second-order valence-electron chi connectivity index (χ2n) is 11.2. The minimum atomic E-state index is -0.843. The summed E-state index contributed by atoms with van der Waals surface area (Å²) in [6.07, 6.45) is 17.7. The van der Waals surface area contributed by atoms with Crippen LogP contribution in [-0.4, -0.2) is 33.5 Å². The van der Waals surface area contributed by atoms with Crippen molar-refractivity contribution in [3.8, 4) is 0 Å². The highest BCUT2D eigenvalue weighted by Gasteiger charge is 2.57. The van der Waals surface area contributed by atoms with E-state index in [-0.39, 0.29) is 23.0 Å². The smallest absolute Gasteiger partial charge is 0.268 e. The van der Waals surface area contributed by atoms with Crippen LogP contribution < -0.4 is 0 Å². The Labute approximate surface area is 253 Å². The van der Waals surface area contributed by atoms with Gasteiger partial charge in [0.1, 0.15) is 0 Å². The number of unbranched alkanes of at least 4 members (excludes halogenated alkanes) is 9. The molecule has 1 fully saturated rings. The summed E-state index contributed by atoms with van der Waals surface area (Å²) in [5, 5.41) is 0.250. The molecule has 2 aromatic rings. The third kappa shape index (κ3) is 8.94. The minimum Gasteiger partial charge on any atom is -0.452 e. The highest BCUT2D eigenvalue weighted by atomic mass is 32.2. The van der Waals surface area contributed by atoms with Gasteiger partial charge in [-0.3, -0.25) is 9.69 Å². The number of hydrogen-bond acceptors (Lipinski definition) is 4. The molecule has 0 aromatic heterocycles. The van der Waals surface area contributed by atoms with Crippen molar-refractivity contribution < 1.29 is 9.53 Å². The second-order valence-corrected chi connectivity index (χ2v) is 12.8. The molecule has 1 heterocycles. The molecule has 40 heavy (non-hydrogen) atoms. The Morgan fingerprint density at radius 2 is 1.40 bits per heavy atom. The van der Waals surface area contributed by atoms with E-state index < -0.39 is 5.60 Å². The Kier molecular flexibility index (Phi) is 14.3. The van der Waals surface area contributed by atoms with Crippen molar-refractivity contribution in [2.45, 2.75) is 103 Å². The normalized spacial score (nSPS) is 16.6. The maximum Gasteiger partial charge on any atom is 0.268 e. The van der Waals surface area contributed by atoms with Gasteiger partial charge >= 0.3 is 0 Å². The van der Waals surface area contributed by atoms with Gasteiger partial charge in [-0.2, -0.15) is 11.8 Å². The lowest BCUT2D eigenvalue weighted by Crippen LogP contribution is -2.49. The summed E-state index contributed by atoms with van der Waals surface area (Å²) in [7, 11) is 0. The predicted octanol–water partition coefficient (Wildman–Crippen LogP) is 9.70. The number of thioether (sulfide) groups is 1. The summed E-state index contributed by atoms with van der Waals surface area (Å²) < 4.78 is 6.56. The number of allylic oxidation sites excluding steroid dienone is 1. The van der Waals surface area contributed by atoms with Crippen LogP contribution in [0.5, 0.6) is 0 Å². The zero-order valence-electron chi connectivity index (χ0n) is 24.9. The molecule has 218 valence electrons. The number of hydrogen-bond donors (Lipinski definition) is 0. The van der Waals surface area contributed by atoms with Crippen LogP contribution in [0.25, 0.3) is 0 Å². The van der Waals surface area contributed by atoms with Crippen LogP contribution in [0.4, 0.5) is 0 Å². The number of ether oxygens (including phenoxy) is 1. The van der Waals surface area contributed by atoms with Crippen LogP contribution in [0.15, 0.2) is 72.8 Å². The van der Waals surface area contributed by atoms with Crippen LogP contribution in [-0.2, 0) is 15.1 Å². The van der Waals surface area contributed by atoms with Gasteiger partial charge in [-0.15, -0.1) is 0 Å². The summed E-state index contributed by atoms with van der Waals surface area (Å²) in [6.45, 7) is 6.55. The first kappa shape index (κ1) is 32.4. The number of thiocarbonyl (C=S) groups is 1. The van der Waals surface area contributed by atoms with E-state index >= 15 is 0 Å². The first-order valence-corrected chi connectivity index (χ1v) is 17.0. The molecule has 5 heteroatoms. The Morgan fingerprint density at radius 3 is 1.95 bits per heavy atom. The van der Waals surface area contributed by atoms with E-state index in [1.54, 1.807) is 11.0 Å². The summed E-state index contributed by atoms with van der Waals surface area (Å²) in [6, 6.07) is 20.1. The molecule has 0 radical (unpaired) electrons. The first-order chi connectivity index (χ1) is 19.5. The van der Waals surface area contributed by atoms with Crippen molar-refractivity contribution in [2.24, 2.45) is 5.92 Å². The molecule has 0 bridgehead atoms. The lowest BCUT2D eigenvalue weighted by molar-refractivity contribution is -0.124. The van der Waals surface area contributed by atoms with Crippen molar-refractivity contribution in [2.75, 3.05) is 11.5 Å². The van der Waals surface area contributed by atoms with Gasteiger partial charge in [0.15, 0.2) is 5.60 Å². The van der Waals surface area contributed by atoms with Gasteiger partial charge in [0.05, 0.1) is 6.04 Å². The zero-order chi connectivity index (χ0) is 28.6. The average Bonchev–Trinajstić information content (AvgIpc) is 3.30. The van der Waals surface area contributed by atoms with Crippen molar-refractivity contribution in [3.05, 3.63) is 83.9 Å². The standard InChI is InChI=1S/C35H49NO2S2/c1-4-5-6-11-20-27-40-28-21-12-9-7-8-10-19-26-32(37)36-33(29(2)3)35(38-34(36)39,30-22-15-13-16-23-30)31-24-17-14-18-25-31/h13-19,22-26,29,33H,4-12,20-21,27-28H2,1-3H3/b26-19+/t33-/m0/s1. The molecule has 0 saturated carbocycles. The SMILES string of the molecule is CCCCCCCSCCCCCCC/C=C/C(=O)N1C(=S)OC(c2ccccc2)(c2ccccc2)[C@@H]1C(C)C. The van der Waals surface area contributed by atoms with Crippen LogP contribution >= 0.6 is 24.0 Å². The van der Waals surface area contributed by atoms with Gasteiger partial charge in [0, 0.05) is 11.1 Å². The Morgan fingerprint density at radius 1 is 0.875 bits per heavy atom. The summed E-state index contributed by atoms with van der Waals surface area (Å²) in [5.74, 6) is 2.65. The van der Waals surface area contributed by atoms with Gasteiger partial charge < -0.3 is 4.74 Å². The van der Waals surface area contributed by atoms with Crippen LogP contribution in [0, 0.1) is 5.92 Å². The third-order valence-electron chi connectivity index (χ3n) is 7.73. The number of nitrogens with zero attached hydrogens (tertiary/aromatic N) is 1. The molecule has 0 aliphatic carbocycles. The molecule has 1 aliphatic heterocycles. The van der Waals surface area contributed by atoms with Gasteiger partial charge in [0.2, 0.25) is 0 Å². The lowest BCUT2D eigenvalue weighted by atomic mass is 9.75. The molecule has 1 amide bonds. The van der Waals surface area contributed by atoms with Crippen LogP contribution in [0.1, 0.15) is 103 Å². The van der Waals surface area contributed by atoms with Crippen molar-refractivity contribution in [3.63, 3.8) is 0 Å². The first-order valence-electron chi connectivity index (χ1n) is 15.4. The zero-order valence-corrected chi connectivity index (χ0v) is 26.5. The molecular formula is C35H49NO2S2. The number of amides is 1. The van der Waals surface area contributed by atoms with Gasteiger partial charge in [-0.05, 0) is 61.4 Å². The summed E-state index contributed by atoms with van der Waals surface area (Å²) >= 11 is 7.84. The van der Waals surface area contributed by atoms with E-state index in [4.69, 9.17) is 17.0 Å². The highest BCUT2D eigenvalue weighted by molar-refractivity contribution is 7.99. The number of benzene rings is 2. The number of carbonyl (C=O) groups excluding carboxylic acids is 1. The number of carbonyl (C=O) groups is 1. The molecule has 3 nitrogen and oxygen atoms in total. The lowest BCUT2D eigenvalue weighted by Gasteiger charge is -2.37. The monoisotopic (exact) mass is 579 g/mol. The molecule has 3 rings (SSSR count). The molecule has 0 N–H and O–H groups in total. The topological polar surface area (TPSA) is 29.5 Å². The largest absolute Gasteiger partial charge is 0.452 e. The fourth-order valence-electron chi connectivity index (χ4n) is 5.71. The predicted molar refractivity (Wildman–Crippen MR) is 176 cm³/mol. The Bertz CT molecular complexity index is 998. The van der Waals surface area contributed by atoms with Gasteiger partial charge in [-0.25, -0.2) is 0 Å². The third-order valence-corrected chi connectivity index (χ3v) is 9.16. The average molecular weight is 580 g/mol. The molecule has 0 spiro atoms.